The van der Waals surface area contributed by atoms with Crippen molar-refractivity contribution in [2.24, 2.45) is 0 Å². The fraction of sp³-hybridized carbons (Fsp3) is 0.333. The Morgan fingerprint density at radius 2 is 1.92 bits per heavy atom. The molecule has 1 unspecified atom stereocenters. The first kappa shape index (κ1) is 10.9. The fourth-order valence-corrected chi connectivity index (χ4v) is 1.53. The van der Waals surface area contributed by atoms with Crippen molar-refractivity contribution in [1.29, 1.82) is 0 Å². The highest BCUT2D eigenvalue weighted by molar-refractivity contribution is 9.10. The van der Waals surface area contributed by atoms with Gasteiger partial charge in [0.05, 0.1) is 11.0 Å². The highest BCUT2D eigenvalue weighted by Crippen LogP contribution is 2.11. The minimum atomic E-state index is -0.895. The van der Waals surface area contributed by atoms with E-state index < -0.39 is 11.0 Å². The third-order valence-electron chi connectivity index (χ3n) is 1.76. The first-order valence-corrected chi connectivity index (χ1v) is 6.19. The fourth-order valence-electron chi connectivity index (χ4n) is 0.938. The summed E-state index contributed by atoms with van der Waals surface area (Å²) in [7, 11) is 0.951. The summed E-state index contributed by atoms with van der Waals surface area (Å²) in [6, 6.07) is 8.02. The third kappa shape index (κ3) is 3.58. The van der Waals surface area contributed by atoms with Crippen LogP contribution < -0.4 is 0 Å². The molecule has 0 aliphatic heterocycles. The van der Waals surface area contributed by atoms with Crippen LogP contribution in [0.25, 0.3) is 0 Å². The number of hydrogen-bond donors (Lipinski definition) is 0. The molecule has 0 bridgehead atoms. The summed E-state index contributed by atoms with van der Waals surface area (Å²) in [6.45, 7) is 0.719. The van der Waals surface area contributed by atoms with Gasteiger partial charge < -0.3 is 0 Å². The van der Waals surface area contributed by atoms with Crippen molar-refractivity contribution in [3.63, 3.8) is 0 Å². The largest absolute Gasteiger partial charge is 0.243 e. The van der Waals surface area contributed by atoms with E-state index in [9.17, 15) is 4.21 Å². The maximum Gasteiger partial charge on any atom is 0.0911 e. The smallest absolute Gasteiger partial charge is 0.0911 e. The van der Waals surface area contributed by atoms with Gasteiger partial charge in [0.15, 0.2) is 0 Å². The van der Waals surface area contributed by atoms with E-state index in [1.165, 1.54) is 5.56 Å². The molecule has 13 heavy (non-hydrogen) atoms. The highest BCUT2D eigenvalue weighted by atomic mass is 79.9. The zero-order chi connectivity index (χ0) is 9.84. The van der Waals surface area contributed by atoms with Crippen molar-refractivity contribution in [1.82, 2.24) is 4.31 Å². The first-order valence-electron chi connectivity index (χ1n) is 3.88. The molecule has 0 heterocycles. The van der Waals surface area contributed by atoms with Crippen molar-refractivity contribution in [2.75, 3.05) is 13.3 Å². The molecule has 0 radical (unpaired) electrons. The quantitative estimate of drug-likeness (QED) is 0.817. The molecular formula is C9H12BrNOS. The standard InChI is InChI=1S/C9H12BrNOS/c1-11(13(2)12)7-8-3-5-9(10)6-4-8/h3-6H,7H2,1-2H3. The number of rotatable bonds is 3. The number of benzene rings is 1. The molecule has 0 spiro atoms. The van der Waals surface area contributed by atoms with Gasteiger partial charge in [-0.05, 0) is 17.7 Å². The van der Waals surface area contributed by atoms with Gasteiger partial charge in [0.25, 0.3) is 0 Å². The second-order valence-corrected chi connectivity index (χ2v) is 5.22. The average Bonchev–Trinajstić information content (AvgIpc) is 2.08. The lowest BCUT2D eigenvalue weighted by molar-refractivity contribution is 0.524. The molecule has 0 amide bonds. The van der Waals surface area contributed by atoms with Crippen LogP contribution in [-0.2, 0) is 17.5 Å². The van der Waals surface area contributed by atoms with Gasteiger partial charge in [-0.1, -0.05) is 28.1 Å². The van der Waals surface area contributed by atoms with Crippen LogP contribution >= 0.6 is 15.9 Å². The van der Waals surface area contributed by atoms with Crippen LogP contribution in [0.4, 0.5) is 0 Å². The molecular weight excluding hydrogens is 250 g/mol. The van der Waals surface area contributed by atoms with Gasteiger partial charge in [0.1, 0.15) is 0 Å². The molecule has 0 saturated carbocycles. The third-order valence-corrected chi connectivity index (χ3v) is 3.29. The number of nitrogens with zero attached hydrogens (tertiary/aromatic N) is 1. The summed E-state index contributed by atoms with van der Waals surface area (Å²) in [5.41, 5.74) is 1.17. The molecule has 0 aliphatic rings. The SMILES string of the molecule is CN(Cc1ccc(Br)cc1)S(C)=O. The zero-order valence-corrected chi connectivity index (χ0v) is 10.1. The molecule has 1 rings (SSSR count). The van der Waals surface area contributed by atoms with E-state index in [1.54, 1.807) is 10.6 Å². The molecule has 4 heteroatoms. The monoisotopic (exact) mass is 261 g/mol. The van der Waals surface area contributed by atoms with Crippen LogP contribution in [0.3, 0.4) is 0 Å². The van der Waals surface area contributed by atoms with Gasteiger partial charge in [-0.3, -0.25) is 0 Å². The van der Waals surface area contributed by atoms with E-state index in [1.807, 2.05) is 31.3 Å². The molecule has 1 atom stereocenters. The molecule has 1 aromatic rings. The van der Waals surface area contributed by atoms with Crippen LogP contribution in [0, 0.1) is 0 Å². The minimum absolute atomic E-state index is 0.719. The van der Waals surface area contributed by atoms with E-state index in [2.05, 4.69) is 15.9 Å². The maximum atomic E-state index is 11.0. The summed E-state index contributed by atoms with van der Waals surface area (Å²) in [5, 5.41) is 0. The molecule has 0 aliphatic carbocycles. The second-order valence-electron chi connectivity index (χ2n) is 2.84. The minimum Gasteiger partial charge on any atom is -0.243 e. The summed E-state index contributed by atoms with van der Waals surface area (Å²) >= 11 is 3.37. The Morgan fingerprint density at radius 1 is 1.38 bits per heavy atom. The Morgan fingerprint density at radius 3 is 2.38 bits per heavy atom. The molecule has 1 aromatic carbocycles. The van der Waals surface area contributed by atoms with Gasteiger partial charge in [-0.25, -0.2) is 8.51 Å². The summed E-state index contributed by atoms with van der Waals surface area (Å²) in [4.78, 5) is 0. The molecule has 2 nitrogen and oxygen atoms in total. The van der Waals surface area contributed by atoms with Crippen molar-refractivity contribution in [2.45, 2.75) is 6.54 Å². The van der Waals surface area contributed by atoms with Gasteiger partial charge in [0, 0.05) is 24.3 Å². The van der Waals surface area contributed by atoms with Crippen LogP contribution in [0.5, 0.6) is 0 Å². The maximum absolute atomic E-state index is 11.0. The van der Waals surface area contributed by atoms with Crippen molar-refractivity contribution in [3.05, 3.63) is 34.3 Å². The zero-order valence-electron chi connectivity index (χ0n) is 7.66. The predicted molar refractivity (Wildman–Crippen MR) is 59.7 cm³/mol. The predicted octanol–water partition coefficient (Wildman–Crippen LogP) is 2.17. The van der Waals surface area contributed by atoms with Crippen LogP contribution in [-0.4, -0.2) is 21.8 Å². The van der Waals surface area contributed by atoms with E-state index in [-0.39, 0.29) is 0 Å². The lowest BCUT2D eigenvalue weighted by Crippen LogP contribution is -2.19. The van der Waals surface area contributed by atoms with Gasteiger partial charge in [-0.2, -0.15) is 0 Å². The Hall–Kier alpha value is -0.190. The Kier molecular flexibility index (Phi) is 4.09. The van der Waals surface area contributed by atoms with E-state index >= 15 is 0 Å². The highest BCUT2D eigenvalue weighted by Gasteiger charge is 2.02. The Labute approximate surface area is 89.7 Å². The van der Waals surface area contributed by atoms with Gasteiger partial charge in [-0.15, -0.1) is 0 Å². The topological polar surface area (TPSA) is 20.3 Å². The van der Waals surface area contributed by atoms with Gasteiger partial charge in [0.2, 0.25) is 0 Å². The Bertz CT molecular complexity index is 299. The lowest BCUT2D eigenvalue weighted by atomic mass is 10.2. The van der Waals surface area contributed by atoms with Crippen LogP contribution in [0.2, 0.25) is 0 Å². The normalized spacial score (nSPS) is 13.2. The van der Waals surface area contributed by atoms with Crippen LogP contribution in [0.15, 0.2) is 28.7 Å². The summed E-state index contributed by atoms with van der Waals surface area (Å²) < 4.78 is 13.9. The molecule has 0 fully saturated rings. The van der Waals surface area contributed by atoms with Gasteiger partial charge >= 0.3 is 0 Å². The van der Waals surface area contributed by atoms with E-state index in [0.717, 1.165) is 11.0 Å². The van der Waals surface area contributed by atoms with Crippen molar-refractivity contribution >= 4 is 26.9 Å². The second kappa shape index (κ2) is 4.88. The number of hydrogen-bond acceptors (Lipinski definition) is 1. The van der Waals surface area contributed by atoms with Crippen molar-refractivity contribution < 1.29 is 4.21 Å². The summed E-state index contributed by atoms with van der Waals surface area (Å²) in [6.07, 6.45) is 1.68. The average molecular weight is 262 g/mol. The van der Waals surface area contributed by atoms with E-state index in [4.69, 9.17) is 0 Å². The lowest BCUT2D eigenvalue weighted by Gasteiger charge is -2.12. The Balaban J connectivity index is 2.64. The number of halogens is 1. The van der Waals surface area contributed by atoms with Crippen LogP contribution in [0.1, 0.15) is 5.56 Å². The summed E-state index contributed by atoms with van der Waals surface area (Å²) in [5.74, 6) is 0. The molecule has 72 valence electrons. The molecule has 0 aromatic heterocycles. The van der Waals surface area contributed by atoms with Crippen molar-refractivity contribution in [3.8, 4) is 0 Å². The molecule has 0 N–H and O–H groups in total. The molecule has 0 saturated heterocycles. The van der Waals surface area contributed by atoms with E-state index in [0.29, 0.717) is 0 Å². The first-order chi connectivity index (χ1) is 6.09.